The van der Waals surface area contributed by atoms with Gasteiger partial charge in [-0.25, -0.2) is 5.43 Å². The molecule has 0 aromatic heterocycles. The summed E-state index contributed by atoms with van der Waals surface area (Å²) in [7, 11) is 0. The first-order chi connectivity index (χ1) is 13.1. The van der Waals surface area contributed by atoms with Gasteiger partial charge in [-0.3, -0.25) is 4.79 Å². The van der Waals surface area contributed by atoms with Gasteiger partial charge < -0.3 is 9.84 Å². The molecule has 0 aliphatic carbocycles. The average Bonchev–Trinajstić information content (AvgIpc) is 2.69. The van der Waals surface area contributed by atoms with E-state index in [1.54, 1.807) is 30.5 Å². The van der Waals surface area contributed by atoms with Gasteiger partial charge in [-0.1, -0.05) is 60.7 Å². The summed E-state index contributed by atoms with van der Waals surface area (Å²) in [6.07, 6.45) is 0.283. The van der Waals surface area contributed by atoms with Crippen LogP contribution in [0.3, 0.4) is 0 Å². The minimum atomic E-state index is -1.28. The van der Waals surface area contributed by atoms with Crippen LogP contribution >= 0.6 is 0 Å². The van der Waals surface area contributed by atoms with Crippen LogP contribution in [0.5, 0.6) is 5.75 Å². The molecule has 0 bridgehead atoms. The van der Waals surface area contributed by atoms with Crippen LogP contribution in [-0.4, -0.2) is 23.3 Å². The van der Waals surface area contributed by atoms with Gasteiger partial charge in [-0.2, -0.15) is 5.10 Å². The number of fused-ring (bicyclic) bond motifs is 1. The van der Waals surface area contributed by atoms with Crippen molar-refractivity contribution in [3.05, 3.63) is 77.9 Å². The highest BCUT2D eigenvalue weighted by atomic mass is 16.5. The van der Waals surface area contributed by atoms with E-state index in [0.717, 1.165) is 16.3 Å². The van der Waals surface area contributed by atoms with Crippen molar-refractivity contribution in [2.24, 2.45) is 5.10 Å². The number of hydrogen-bond acceptors (Lipinski definition) is 4. The van der Waals surface area contributed by atoms with Crippen LogP contribution in [0.25, 0.3) is 10.8 Å². The van der Waals surface area contributed by atoms with Gasteiger partial charge >= 0.3 is 0 Å². The highest BCUT2D eigenvalue weighted by molar-refractivity contribution is 6.02. The minimum Gasteiger partial charge on any atom is -0.490 e. The third kappa shape index (κ3) is 4.51. The van der Waals surface area contributed by atoms with E-state index in [2.05, 4.69) is 10.5 Å². The number of carbonyl (C=O) groups excluding carboxylic acids is 1. The smallest absolute Gasteiger partial charge is 0.273 e. The molecule has 0 saturated heterocycles. The Morgan fingerprint density at radius 2 is 1.74 bits per heavy atom. The molecule has 138 valence electrons. The Balaban J connectivity index is 1.83. The Labute approximate surface area is 158 Å². The van der Waals surface area contributed by atoms with Gasteiger partial charge in [0.05, 0.1) is 12.3 Å². The first-order valence-corrected chi connectivity index (χ1v) is 8.80. The molecule has 27 heavy (non-hydrogen) atoms. The molecule has 2 N–H and O–H groups in total. The lowest BCUT2D eigenvalue weighted by molar-refractivity contribution is -0.129. The quantitative estimate of drug-likeness (QED) is 0.517. The molecule has 1 amide bonds. The molecule has 0 heterocycles. The molecule has 0 saturated carbocycles. The predicted octanol–water partition coefficient (Wildman–Crippen LogP) is 3.81. The second kappa shape index (κ2) is 8.47. The summed E-state index contributed by atoms with van der Waals surface area (Å²) in [5.74, 6) is 0.0920. The number of nitrogens with zero attached hydrogens (tertiary/aromatic N) is 1. The lowest BCUT2D eigenvalue weighted by atomic mass is 10.0. The third-order valence-electron chi connectivity index (χ3n) is 4.03. The third-order valence-corrected chi connectivity index (χ3v) is 4.03. The second-order valence-electron chi connectivity index (χ2n) is 6.41. The Hall–Kier alpha value is -3.18. The molecule has 0 unspecified atom stereocenters. The van der Waals surface area contributed by atoms with Crippen LogP contribution < -0.4 is 10.2 Å². The summed E-state index contributed by atoms with van der Waals surface area (Å²) in [6, 6.07) is 20.5. The van der Waals surface area contributed by atoms with E-state index in [1.807, 2.05) is 56.3 Å². The van der Waals surface area contributed by atoms with Crippen LogP contribution in [0.4, 0.5) is 0 Å². The largest absolute Gasteiger partial charge is 0.490 e. The first kappa shape index (κ1) is 18.6. The number of aliphatic hydroxyl groups excluding tert-OH is 1. The van der Waals surface area contributed by atoms with Crippen LogP contribution in [0.15, 0.2) is 71.8 Å². The topological polar surface area (TPSA) is 70.9 Å². The van der Waals surface area contributed by atoms with Crippen molar-refractivity contribution in [1.29, 1.82) is 0 Å². The summed E-state index contributed by atoms with van der Waals surface area (Å²) in [6.45, 7) is 3.90. The van der Waals surface area contributed by atoms with Crippen LogP contribution in [0, 0.1) is 0 Å². The lowest BCUT2D eigenvalue weighted by Crippen LogP contribution is -2.25. The van der Waals surface area contributed by atoms with Crippen LogP contribution in [-0.2, 0) is 4.79 Å². The summed E-state index contributed by atoms with van der Waals surface area (Å²) in [5, 5.41) is 16.2. The van der Waals surface area contributed by atoms with Gasteiger partial charge in [0.2, 0.25) is 0 Å². The van der Waals surface area contributed by atoms with Gasteiger partial charge in [-0.05, 0) is 36.2 Å². The van der Waals surface area contributed by atoms with Gasteiger partial charge in [0.1, 0.15) is 5.75 Å². The fraction of sp³-hybridized carbons (Fsp3) is 0.182. The summed E-state index contributed by atoms with van der Waals surface area (Å²) in [5.41, 5.74) is 3.69. The van der Waals surface area contributed by atoms with E-state index < -0.39 is 12.0 Å². The number of hydrazone groups is 1. The number of nitrogens with one attached hydrogen (secondary N) is 1. The highest BCUT2D eigenvalue weighted by Crippen LogP contribution is 2.27. The average molecular weight is 362 g/mol. The zero-order chi connectivity index (χ0) is 19.2. The summed E-state index contributed by atoms with van der Waals surface area (Å²) in [4.78, 5) is 12.2. The Kier molecular flexibility index (Phi) is 5.84. The molecule has 3 rings (SSSR count). The Morgan fingerprint density at radius 3 is 2.48 bits per heavy atom. The minimum absolute atomic E-state index is 0.00723. The van der Waals surface area contributed by atoms with E-state index in [0.29, 0.717) is 11.3 Å². The zero-order valence-electron chi connectivity index (χ0n) is 15.3. The Morgan fingerprint density at radius 1 is 1.04 bits per heavy atom. The molecule has 0 fully saturated rings. The van der Waals surface area contributed by atoms with E-state index in [1.165, 1.54) is 0 Å². The monoisotopic (exact) mass is 362 g/mol. The molecule has 0 aliphatic rings. The number of ether oxygens (including phenoxy) is 1. The van der Waals surface area contributed by atoms with Crippen molar-refractivity contribution < 1.29 is 14.6 Å². The normalized spacial score (nSPS) is 12.4. The summed E-state index contributed by atoms with van der Waals surface area (Å²) < 4.78 is 5.87. The van der Waals surface area contributed by atoms with Crippen LogP contribution in [0.1, 0.15) is 31.1 Å². The predicted molar refractivity (Wildman–Crippen MR) is 107 cm³/mol. The van der Waals surface area contributed by atoms with Gasteiger partial charge in [0.25, 0.3) is 5.91 Å². The van der Waals surface area contributed by atoms with Gasteiger partial charge in [0, 0.05) is 5.56 Å². The van der Waals surface area contributed by atoms with Crippen molar-refractivity contribution in [2.45, 2.75) is 26.1 Å². The van der Waals surface area contributed by atoms with Crippen molar-refractivity contribution >= 4 is 22.9 Å². The zero-order valence-corrected chi connectivity index (χ0v) is 15.3. The fourth-order valence-corrected chi connectivity index (χ4v) is 2.77. The molecule has 0 radical (unpaired) electrons. The molecule has 0 spiro atoms. The maximum Gasteiger partial charge on any atom is 0.273 e. The van der Waals surface area contributed by atoms with E-state index in [9.17, 15) is 9.90 Å². The van der Waals surface area contributed by atoms with Crippen molar-refractivity contribution in [3.63, 3.8) is 0 Å². The highest BCUT2D eigenvalue weighted by Gasteiger charge is 2.16. The first-order valence-electron chi connectivity index (χ1n) is 8.80. The molecule has 0 aliphatic heterocycles. The van der Waals surface area contributed by atoms with Crippen molar-refractivity contribution in [3.8, 4) is 5.75 Å². The van der Waals surface area contributed by atoms with Gasteiger partial charge in [0.15, 0.2) is 6.10 Å². The number of amides is 1. The maximum absolute atomic E-state index is 12.2. The van der Waals surface area contributed by atoms with Gasteiger partial charge in [-0.15, -0.1) is 0 Å². The lowest BCUT2D eigenvalue weighted by Gasteiger charge is -2.14. The standard InChI is InChI=1S/C22H22N2O3/c1-15(2)27-20-13-12-16-8-6-7-11-18(16)19(20)14-23-24-22(26)21(25)17-9-4-3-5-10-17/h3-15,21,25H,1-2H3,(H,24,26)/b23-14-/t21-/m0/s1. The number of benzene rings is 3. The molecule has 5 heteroatoms. The van der Waals surface area contributed by atoms with E-state index in [-0.39, 0.29) is 6.10 Å². The van der Waals surface area contributed by atoms with E-state index >= 15 is 0 Å². The van der Waals surface area contributed by atoms with E-state index in [4.69, 9.17) is 4.74 Å². The second-order valence-corrected chi connectivity index (χ2v) is 6.41. The molecule has 1 atom stereocenters. The summed E-state index contributed by atoms with van der Waals surface area (Å²) >= 11 is 0. The molecular formula is C22H22N2O3. The fourth-order valence-electron chi connectivity index (χ4n) is 2.77. The molecule has 5 nitrogen and oxygen atoms in total. The van der Waals surface area contributed by atoms with Crippen molar-refractivity contribution in [2.75, 3.05) is 0 Å². The number of carbonyl (C=O) groups is 1. The maximum atomic E-state index is 12.2. The molecule has 3 aromatic carbocycles. The number of aliphatic hydroxyl groups is 1. The number of rotatable bonds is 6. The number of hydrogen-bond donors (Lipinski definition) is 2. The SMILES string of the molecule is CC(C)Oc1ccc2ccccc2c1/C=N\NC(=O)[C@@H](O)c1ccccc1. The van der Waals surface area contributed by atoms with Crippen LogP contribution in [0.2, 0.25) is 0 Å². The molecule has 3 aromatic rings. The molecular weight excluding hydrogens is 340 g/mol. The van der Waals surface area contributed by atoms with Crippen molar-refractivity contribution in [1.82, 2.24) is 5.43 Å². The Bertz CT molecular complexity index is 952.